The van der Waals surface area contributed by atoms with Crippen LogP contribution in [0.5, 0.6) is 0 Å². The van der Waals surface area contributed by atoms with Gasteiger partial charge in [0.2, 0.25) is 10.0 Å². The third-order valence-corrected chi connectivity index (χ3v) is 11.0. The number of rotatable bonds is 9. The monoisotopic (exact) mass is 635 g/mol. The lowest BCUT2D eigenvalue weighted by atomic mass is 9.85. The van der Waals surface area contributed by atoms with E-state index in [2.05, 4.69) is 19.9 Å². The molecule has 43 heavy (non-hydrogen) atoms. The summed E-state index contributed by atoms with van der Waals surface area (Å²) in [4.78, 5) is 33.5. The van der Waals surface area contributed by atoms with Crippen LogP contribution >= 0.6 is 11.3 Å². The van der Waals surface area contributed by atoms with Crippen molar-refractivity contribution in [1.82, 2.24) is 19.5 Å². The van der Waals surface area contributed by atoms with Crippen molar-refractivity contribution in [2.45, 2.75) is 108 Å². The molecule has 0 spiro atoms. The Kier molecular flexibility index (Phi) is 10.4. The van der Waals surface area contributed by atoms with Gasteiger partial charge < -0.3 is 19.6 Å². The number of ether oxygens (including phenoxy) is 1. The Morgan fingerprint density at radius 1 is 1.19 bits per heavy atom. The number of hydrogen-bond donors (Lipinski definition) is 3. The van der Waals surface area contributed by atoms with Gasteiger partial charge in [0, 0.05) is 47.0 Å². The van der Waals surface area contributed by atoms with Gasteiger partial charge in [-0.1, -0.05) is 6.07 Å². The standard InChI is InChI=1S/C30H45N5O6S2/c1-19(2)35(29(37)38)22-12-9-20(10-13-22)27-31-17-25(42-27)24-14-11-21(16-26(24)43(39,40)33-30(3,4)5)32-28(36)41-18-23-8-7-15-34(23)6/h11,14,16-17,19-20,22-23,33H,7-10,12-13,15,18H2,1-6H3,(H,32,36)(H,37,38)/t20?,22?,23-/m0/s1. The molecule has 13 heteroatoms. The van der Waals surface area contributed by atoms with Crippen molar-refractivity contribution in [2.24, 2.45) is 0 Å². The zero-order valence-corrected chi connectivity index (χ0v) is 27.6. The molecule has 2 fully saturated rings. The van der Waals surface area contributed by atoms with E-state index in [-0.39, 0.29) is 35.5 Å². The van der Waals surface area contributed by atoms with E-state index in [0.717, 1.165) is 50.1 Å². The average molecular weight is 636 g/mol. The third-order valence-electron chi connectivity index (χ3n) is 8.04. The minimum Gasteiger partial charge on any atom is -0.465 e. The number of carbonyl (C=O) groups excluding carboxylic acids is 1. The summed E-state index contributed by atoms with van der Waals surface area (Å²) >= 11 is 1.46. The number of nitrogens with zero attached hydrogens (tertiary/aromatic N) is 3. The lowest BCUT2D eigenvalue weighted by Crippen LogP contribution is -2.45. The number of aromatic nitrogens is 1. The first-order valence-electron chi connectivity index (χ1n) is 14.9. The number of likely N-dealkylation sites (tertiary alicyclic amines) is 1. The summed E-state index contributed by atoms with van der Waals surface area (Å²) in [5.41, 5.74) is 0.0971. The fraction of sp³-hybridized carbons (Fsp3) is 0.633. The lowest BCUT2D eigenvalue weighted by Gasteiger charge is -2.37. The van der Waals surface area contributed by atoms with E-state index in [0.29, 0.717) is 16.1 Å². The number of carbonyl (C=O) groups is 2. The molecule has 3 N–H and O–H groups in total. The van der Waals surface area contributed by atoms with Crippen LogP contribution in [0.2, 0.25) is 0 Å². The summed E-state index contributed by atoms with van der Waals surface area (Å²) in [6, 6.07) is 4.91. The molecule has 2 aliphatic rings. The molecule has 0 unspecified atom stereocenters. The van der Waals surface area contributed by atoms with Crippen molar-refractivity contribution in [3.63, 3.8) is 0 Å². The van der Waals surface area contributed by atoms with Gasteiger partial charge in [-0.05, 0) is 98.9 Å². The van der Waals surface area contributed by atoms with E-state index in [1.54, 1.807) is 44.0 Å². The van der Waals surface area contributed by atoms with Crippen LogP contribution in [-0.4, -0.2) is 84.4 Å². The smallest absolute Gasteiger partial charge is 0.411 e. The molecule has 238 valence electrons. The maximum atomic E-state index is 13.6. The number of amides is 2. The molecule has 0 bridgehead atoms. The molecular formula is C30H45N5O6S2. The predicted molar refractivity (Wildman–Crippen MR) is 168 cm³/mol. The Balaban J connectivity index is 1.53. The summed E-state index contributed by atoms with van der Waals surface area (Å²) < 4.78 is 35.4. The van der Waals surface area contributed by atoms with Crippen LogP contribution < -0.4 is 10.0 Å². The van der Waals surface area contributed by atoms with Crippen molar-refractivity contribution >= 4 is 39.2 Å². The Hall–Kier alpha value is -2.74. The van der Waals surface area contributed by atoms with Crippen LogP contribution in [0.1, 0.15) is 84.1 Å². The highest BCUT2D eigenvalue weighted by molar-refractivity contribution is 7.89. The van der Waals surface area contributed by atoms with Crippen LogP contribution in [0, 0.1) is 0 Å². The van der Waals surface area contributed by atoms with Gasteiger partial charge in [-0.2, -0.15) is 0 Å². The number of benzene rings is 1. The molecule has 2 aromatic rings. The van der Waals surface area contributed by atoms with Gasteiger partial charge in [-0.25, -0.2) is 27.7 Å². The molecule has 1 aliphatic heterocycles. The van der Waals surface area contributed by atoms with Gasteiger partial charge in [-0.3, -0.25) is 5.32 Å². The minimum absolute atomic E-state index is 0.0146. The van der Waals surface area contributed by atoms with Gasteiger partial charge in [0.1, 0.15) is 6.61 Å². The van der Waals surface area contributed by atoms with Crippen LogP contribution in [-0.2, 0) is 14.8 Å². The summed E-state index contributed by atoms with van der Waals surface area (Å²) in [6.45, 7) is 10.4. The number of carboxylic acid groups (broad SMARTS) is 1. The predicted octanol–water partition coefficient (Wildman–Crippen LogP) is 5.94. The zero-order valence-electron chi connectivity index (χ0n) is 25.9. The van der Waals surface area contributed by atoms with Gasteiger partial charge in [0.05, 0.1) is 14.8 Å². The minimum atomic E-state index is -3.97. The van der Waals surface area contributed by atoms with E-state index in [4.69, 9.17) is 4.74 Å². The average Bonchev–Trinajstić information content (AvgIpc) is 3.55. The van der Waals surface area contributed by atoms with Crippen molar-refractivity contribution in [1.29, 1.82) is 0 Å². The van der Waals surface area contributed by atoms with Gasteiger partial charge in [-0.15, -0.1) is 11.3 Å². The van der Waals surface area contributed by atoms with Crippen LogP contribution in [0.15, 0.2) is 29.3 Å². The summed E-state index contributed by atoms with van der Waals surface area (Å²) in [5.74, 6) is 0.181. The fourth-order valence-corrected chi connectivity index (χ4v) is 8.86. The Labute approximate surface area is 259 Å². The molecule has 0 radical (unpaired) electrons. The van der Waals surface area contributed by atoms with E-state index < -0.39 is 27.7 Å². The van der Waals surface area contributed by atoms with Crippen molar-refractivity contribution in [3.05, 3.63) is 29.4 Å². The van der Waals surface area contributed by atoms with Gasteiger partial charge in [0.15, 0.2) is 0 Å². The Bertz CT molecular complexity index is 1400. The molecule has 2 amide bonds. The number of likely N-dealkylation sites (N-methyl/N-ethyl adjacent to an activating group) is 1. The molecule has 4 rings (SSSR count). The topological polar surface area (TPSA) is 141 Å². The van der Waals surface area contributed by atoms with Crippen molar-refractivity contribution in [3.8, 4) is 10.4 Å². The summed E-state index contributed by atoms with van der Waals surface area (Å²) in [5, 5.41) is 13.3. The highest BCUT2D eigenvalue weighted by Gasteiger charge is 2.33. The van der Waals surface area contributed by atoms with E-state index in [1.165, 1.54) is 17.4 Å². The molecule has 1 aliphatic carbocycles. The SMILES string of the molecule is CC(C)N(C(=O)O)C1CCC(c2ncc(-c3ccc(NC(=O)OC[C@@H]4CCCN4C)cc3S(=O)(=O)NC(C)(C)C)s2)CC1. The highest BCUT2D eigenvalue weighted by atomic mass is 32.2. The van der Waals surface area contributed by atoms with Crippen LogP contribution in [0.25, 0.3) is 10.4 Å². The van der Waals surface area contributed by atoms with Gasteiger partial charge >= 0.3 is 12.2 Å². The second kappa shape index (κ2) is 13.5. The zero-order chi connectivity index (χ0) is 31.5. The molecule has 2 heterocycles. The number of anilines is 1. The third kappa shape index (κ3) is 8.46. The largest absolute Gasteiger partial charge is 0.465 e. The molecule has 1 saturated carbocycles. The normalized spacial score (nSPS) is 21.6. The summed E-state index contributed by atoms with van der Waals surface area (Å²) in [7, 11) is -1.96. The second-order valence-corrected chi connectivity index (χ2v) is 15.6. The van der Waals surface area contributed by atoms with Gasteiger partial charge in [0.25, 0.3) is 0 Å². The first-order valence-corrected chi connectivity index (χ1v) is 17.2. The molecule has 11 nitrogen and oxygen atoms in total. The molecule has 1 aromatic heterocycles. The quantitative estimate of drug-likeness (QED) is 0.307. The molecular weight excluding hydrogens is 590 g/mol. The lowest BCUT2D eigenvalue weighted by molar-refractivity contribution is 0.0906. The molecule has 1 saturated heterocycles. The Morgan fingerprint density at radius 2 is 1.88 bits per heavy atom. The first kappa shape index (κ1) is 33.2. The van der Waals surface area contributed by atoms with Crippen LogP contribution in [0.4, 0.5) is 15.3 Å². The van der Waals surface area contributed by atoms with Crippen LogP contribution in [0.3, 0.4) is 0 Å². The summed E-state index contributed by atoms with van der Waals surface area (Å²) in [6.07, 6.45) is 5.36. The fourth-order valence-electron chi connectivity index (χ4n) is 6.00. The number of nitrogens with one attached hydrogen (secondary N) is 2. The van der Waals surface area contributed by atoms with Crippen molar-refractivity contribution < 1.29 is 27.9 Å². The first-order chi connectivity index (χ1) is 20.1. The second-order valence-electron chi connectivity index (χ2n) is 12.9. The maximum Gasteiger partial charge on any atom is 0.411 e. The Morgan fingerprint density at radius 3 is 2.47 bits per heavy atom. The number of thiazole rings is 1. The highest BCUT2D eigenvalue weighted by Crippen LogP contribution is 2.41. The number of hydrogen-bond acceptors (Lipinski definition) is 8. The molecule has 1 aromatic carbocycles. The maximum absolute atomic E-state index is 13.6. The van der Waals surface area contributed by atoms with E-state index >= 15 is 0 Å². The van der Waals surface area contributed by atoms with Crippen molar-refractivity contribution in [2.75, 3.05) is 25.5 Å². The van der Waals surface area contributed by atoms with E-state index in [9.17, 15) is 23.1 Å². The van der Waals surface area contributed by atoms with E-state index in [1.807, 2.05) is 20.9 Å². The molecule has 1 atom stereocenters. The number of sulfonamides is 1.